The lowest BCUT2D eigenvalue weighted by Gasteiger charge is -2.24. The van der Waals surface area contributed by atoms with Gasteiger partial charge >= 0.3 is 0 Å². The number of thioether (sulfide) groups is 1. The van der Waals surface area contributed by atoms with E-state index in [0.717, 1.165) is 5.69 Å². The second-order valence-electron chi connectivity index (χ2n) is 6.21. The first kappa shape index (κ1) is 17.6. The molecule has 4 rings (SSSR count). The lowest BCUT2D eigenvalue weighted by Crippen LogP contribution is -2.37. The van der Waals surface area contributed by atoms with Crippen molar-refractivity contribution in [2.24, 2.45) is 4.99 Å². The fourth-order valence-corrected chi connectivity index (χ4v) is 7.24. The summed E-state index contributed by atoms with van der Waals surface area (Å²) < 4.78 is 24.1. The first-order chi connectivity index (χ1) is 12.4. The molecule has 0 aromatic heterocycles. The number of hydrogen-bond donors (Lipinski definition) is 0. The van der Waals surface area contributed by atoms with Gasteiger partial charge in [0.1, 0.15) is 0 Å². The summed E-state index contributed by atoms with van der Waals surface area (Å²) in [6.07, 6.45) is 0. The molecule has 26 heavy (non-hydrogen) atoms. The van der Waals surface area contributed by atoms with E-state index in [1.165, 1.54) is 11.8 Å². The van der Waals surface area contributed by atoms with Gasteiger partial charge in [0.2, 0.25) is 0 Å². The number of rotatable bonds is 2. The van der Waals surface area contributed by atoms with Crippen LogP contribution in [0, 0.1) is 0 Å². The molecule has 0 saturated carbocycles. The number of fused-ring (bicyclic) bond motifs is 1. The Kier molecular flexibility index (Phi) is 4.54. The van der Waals surface area contributed by atoms with E-state index in [4.69, 9.17) is 11.6 Å². The van der Waals surface area contributed by atoms with Gasteiger partial charge in [-0.2, -0.15) is 4.99 Å². The van der Waals surface area contributed by atoms with E-state index in [0.29, 0.717) is 15.8 Å². The van der Waals surface area contributed by atoms with Gasteiger partial charge in [-0.05, 0) is 36.4 Å². The highest BCUT2D eigenvalue weighted by molar-refractivity contribution is 8.16. The molecule has 0 aliphatic carbocycles. The average Bonchev–Trinajstić information content (AvgIpc) is 3.07. The summed E-state index contributed by atoms with van der Waals surface area (Å²) in [6.45, 7) is 0. The smallest absolute Gasteiger partial charge is 0.279 e. The molecule has 2 aromatic rings. The van der Waals surface area contributed by atoms with E-state index in [9.17, 15) is 13.2 Å². The predicted molar refractivity (Wildman–Crippen MR) is 106 cm³/mol. The second kappa shape index (κ2) is 6.72. The molecule has 2 aliphatic rings. The lowest BCUT2D eigenvalue weighted by atomic mass is 10.2. The van der Waals surface area contributed by atoms with E-state index >= 15 is 0 Å². The fourth-order valence-electron chi connectivity index (χ4n) is 3.20. The highest BCUT2D eigenvalue weighted by Gasteiger charge is 2.49. The van der Waals surface area contributed by atoms with Crippen LogP contribution in [-0.2, 0) is 9.84 Å². The van der Waals surface area contributed by atoms with Gasteiger partial charge in [-0.1, -0.05) is 41.6 Å². The number of amidine groups is 1. The minimum absolute atomic E-state index is 0.0613. The van der Waals surface area contributed by atoms with Gasteiger partial charge in [0, 0.05) is 21.5 Å². The van der Waals surface area contributed by atoms with E-state index in [1.807, 2.05) is 23.1 Å². The van der Waals surface area contributed by atoms with E-state index < -0.39 is 9.84 Å². The maximum atomic E-state index is 12.5. The van der Waals surface area contributed by atoms with E-state index in [-0.39, 0.29) is 28.7 Å². The number of halogens is 1. The second-order valence-corrected chi connectivity index (χ2v) is 10.0. The number of carbonyl (C=O) groups excluding carboxylic acids is 1. The summed E-state index contributed by atoms with van der Waals surface area (Å²) in [5.74, 6) is -0.175. The van der Waals surface area contributed by atoms with Crippen LogP contribution in [0.15, 0.2) is 59.6 Å². The molecular formula is C18H15ClN2O3S2. The summed E-state index contributed by atoms with van der Waals surface area (Å²) in [7, 11) is -3.09. The number of benzene rings is 2. The molecule has 2 heterocycles. The molecule has 2 saturated heterocycles. The number of amides is 1. The lowest BCUT2D eigenvalue weighted by molar-refractivity contribution is 0.100. The molecular weight excluding hydrogens is 392 g/mol. The molecule has 5 nitrogen and oxygen atoms in total. The molecule has 1 amide bonds. The van der Waals surface area contributed by atoms with Gasteiger partial charge in [0.05, 0.1) is 17.5 Å². The zero-order valence-electron chi connectivity index (χ0n) is 13.6. The predicted octanol–water partition coefficient (Wildman–Crippen LogP) is 3.26. The van der Waals surface area contributed by atoms with Crippen molar-refractivity contribution in [1.82, 2.24) is 0 Å². The summed E-state index contributed by atoms with van der Waals surface area (Å²) in [5, 5.41) is 0.999. The van der Waals surface area contributed by atoms with Crippen LogP contribution < -0.4 is 4.90 Å². The standard InChI is InChI=1S/C18H15ClN2O3S2/c19-13-6-8-14(9-7-13)21-15-10-26(23,24)11-16(15)25-18(21)20-17(22)12-4-2-1-3-5-12/h1-9,15-16H,10-11H2. The molecule has 0 N–H and O–H groups in total. The Labute approximate surface area is 161 Å². The fraction of sp³-hybridized carbons (Fsp3) is 0.222. The Bertz CT molecular complexity index is 975. The first-order valence-corrected chi connectivity index (χ1v) is 11.1. The molecule has 0 bridgehead atoms. The van der Waals surface area contributed by atoms with Crippen LogP contribution in [0.2, 0.25) is 5.02 Å². The number of sulfone groups is 1. The number of aliphatic imine (C=N–C) groups is 1. The van der Waals surface area contributed by atoms with Gasteiger partial charge < -0.3 is 4.90 Å². The van der Waals surface area contributed by atoms with Crippen LogP contribution in [0.1, 0.15) is 10.4 Å². The van der Waals surface area contributed by atoms with Gasteiger partial charge in [-0.15, -0.1) is 0 Å². The third-order valence-electron chi connectivity index (χ3n) is 4.39. The zero-order chi connectivity index (χ0) is 18.3. The number of anilines is 1. The third kappa shape index (κ3) is 3.39. The number of nitrogens with zero attached hydrogens (tertiary/aromatic N) is 2. The van der Waals surface area contributed by atoms with Crippen LogP contribution in [0.4, 0.5) is 5.69 Å². The maximum Gasteiger partial charge on any atom is 0.279 e. The van der Waals surface area contributed by atoms with Crippen molar-refractivity contribution in [3.63, 3.8) is 0 Å². The molecule has 0 spiro atoms. The highest BCUT2D eigenvalue weighted by atomic mass is 35.5. The van der Waals surface area contributed by atoms with Gasteiger partial charge in [0.15, 0.2) is 15.0 Å². The van der Waals surface area contributed by atoms with Crippen molar-refractivity contribution < 1.29 is 13.2 Å². The monoisotopic (exact) mass is 406 g/mol. The van der Waals surface area contributed by atoms with E-state index in [2.05, 4.69) is 4.99 Å². The molecule has 2 fully saturated rings. The van der Waals surface area contributed by atoms with Crippen molar-refractivity contribution in [3.05, 3.63) is 65.2 Å². The van der Waals surface area contributed by atoms with Crippen LogP contribution in [0.5, 0.6) is 0 Å². The van der Waals surface area contributed by atoms with Crippen LogP contribution in [-0.4, -0.2) is 42.3 Å². The summed E-state index contributed by atoms with van der Waals surface area (Å²) >= 11 is 7.33. The quantitative estimate of drug-likeness (QED) is 0.765. The Morgan fingerprint density at radius 2 is 1.77 bits per heavy atom. The minimum atomic E-state index is -3.09. The molecule has 8 heteroatoms. The molecule has 2 atom stereocenters. The normalized spacial score (nSPS) is 25.4. The zero-order valence-corrected chi connectivity index (χ0v) is 16.0. The van der Waals surface area contributed by atoms with Crippen LogP contribution >= 0.6 is 23.4 Å². The number of hydrogen-bond acceptors (Lipinski definition) is 4. The summed E-state index contributed by atoms with van der Waals surface area (Å²) in [5.41, 5.74) is 1.28. The Morgan fingerprint density at radius 1 is 1.08 bits per heavy atom. The molecule has 0 radical (unpaired) electrons. The average molecular weight is 407 g/mol. The molecule has 2 aromatic carbocycles. The summed E-state index contributed by atoms with van der Waals surface area (Å²) in [4.78, 5) is 18.7. The Balaban J connectivity index is 1.72. The van der Waals surface area contributed by atoms with Crippen molar-refractivity contribution in [2.75, 3.05) is 16.4 Å². The third-order valence-corrected chi connectivity index (χ3v) is 7.85. The van der Waals surface area contributed by atoms with Crippen molar-refractivity contribution in [2.45, 2.75) is 11.3 Å². The molecule has 134 valence electrons. The largest absolute Gasteiger partial charge is 0.316 e. The SMILES string of the molecule is O=C(N=C1SC2CS(=O)(=O)CC2N1c1ccc(Cl)cc1)c1ccccc1. The van der Waals surface area contributed by atoms with Gasteiger partial charge in [-0.3, -0.25) is 4.79 Å². The topological polar surface area (TPSA) is 66.8 Å². The van der Waals surface area contributed by atoms with Crippen LogP contribution in [0.3, 0.4) is 0 Å². The minimum Gasteiger partial charge on any atom is -0.316 e. The highest BCUT2D eigenvalue weighted by Crippen LogP contribution is 2.41. The maximum absolute atomic E-state index is 12.5. The number of carbonyl (C=O) groups is 1. The van der Waals surface area contributed by atoms with Crippen molar-refractivity contribution >= 4 is 50.0 Å². The van der Waals surface area contributed by atoms with Crippen LogP contribution in [0.25, 0.3) is 0 Å². The van der Waals surface area contributed by atoms with Gasteiger partial charge in [-0.25, -0.2) is 8.42 Å². The Morgan fingerprint density at radius 3 is 2.46 bits per heavy atom. The molecule has 2 unspecified atom stereocenters. The molecule has 2 aliphatic heterocycles. The first-order valence-electron chi connectivity index (χ1n) is 8.03. The Hall–Kier alpha value is -1.83. The van der Waals surface area contributed by atoms with E-state index in [1.54, 1.807) is 36.4 Å². The summed E-state index contributed by atoms with van der Waals surface area (Å²) in [6, 6.07) is 15.7. The van der Waals surface area contributed by atoms with Gasteiger partial charge in [0.25, 0.3) is 5.91 Å². The van der Waals surface area contributed by atoms with Crippen molar-refractivity contribution in [3.8, 4) is 0 Å². The van der Waals surface area contributed by atoms with Crippen molar-refractivity contribution in [1.29, 1.82) is 0 Å².